The molecular formula is C23H38N4O5S. The first-order valence-electron chi connectivity index (χ1n) is 11.8. The van der Waals surface area contributed by atoms with Crippen molar-refractivity contribution in [1.82, 2.24) is 14.2 Å². The molecule has 3 rings (SSSR count). The third-order valence-corrected chi connectivity index (χ3v) is 8.64. The predicted octanol–water partition coefficient (Wildman–Crippen LogP) is 2.04. The Morgan fingerprint density at radius 3 is 2.70 bits per heavy atom. The zero-order valence-electron chi connectivity index (χ0n) is 20.7. The molecule has 2 unspecified atom stereocenters. The van der Waals surface area contributed by atoms with Crippen LogP contribution >= 0.6 is 0 Å². The number of pyridine rings is 1. The number of methoxy groups -OCH3 is 1. The summed E-state index contributed by atoms with van der Waals surface area (Å²) in [6.45, 7) is 9.78. The van der Waals surface area contributed by atoms with E-state index < -0.39 is 16.1 Å². The van der Waals surface area contributed by atoms with Crippen molar-refractivity contribution in [2.75, 3.05) is 45.4 Å². The van der Waals surface area contributed by atoms with Gasteiger partial charge in [-0.15, -0.1) is 0 Å². The van der Waals surface area contributed by atoms with Gasteiger partial charge in [0.1, 0.15) is 22.9 Å². The molecule has 0 bridgehead atoms. The van der Waals surface area contributed by atoms with E-state index in [-0.39, 0.29) is 29.0 Å². The highest BCUT2D eigenvalue weighted by atomic mass is 32.2. The standard InChI is InChI=1S/C23H38N4O5S/c1-7-26(16(2)3)22-21(11-10-17(4)24-22)33(29,30)27-13-8-9-19(27)23(28)25(5)18-12-14-32-15-20(18)31-6/h10-11,16,18-20H,7-9,12-15H2,1-6H3/t18?,19-,20?/m0/s1. The minimum absolute atomic E-state index is 0.0832. The zero-order valence-corrected chi connectivity index (χ0v) is 21.5. The zero-order chi connectivity index (χ0) is 24.3. The Bertz CT molecular complexity index is 939. The largest absolute Gasteiger partial charge is 0.379 e. The van der Waals surface area contributed by atoms with Gasteiger partial charge in [0.25, 0.3) is 0 Å². The summed E-state index contributed by atoms with van der Waals surface area (Å²) < 4.78 is 40.2. The molecule has 0 aliphatic carbocycles. The number of anilines is 1. The summed E-state index contributed by atoms with van der Waals surface area (Å²) in [5.41, 5.74) is 0.752. The fourth-order valence-corrected chi connectivity index (χ4v) is 6.65. The van der Waals surface area contributed by atoms with Crippen LogP contribution in [0.2, 0.25) is 0 Å². The van der Waals surface area contributed by atoms with E-state index in [0.29, 0.717) is 51.4 Å². The number of rotatable bonds is 8. The van der Waals surface area contributed by atoms with Crippen molar-refractivity contribution in [2.45, 2.75) is 76.1 Å². The van der Waals surface area contributed by atoms with Crippen LogP contribution < -0.4 is 4.90 Å². The second kappa shape index (κ2) is 10.7. The molecule has 2 fully saturated rings. The number of amides is 1. The molecule has 10 heteroatoms. The van der Waals surface area contributed by atoms with Crippen LogP contribution in [0.15, 0.2) is 17.0 Å². The molecule has 0 saturated carbocycles. The number of hydrogen-bond donors (Lipinski definition) is 0. The number of aromatic nitrogens is 1. The summed E-state index contributed by atoms with van der Waals surface area (Å²) in [5.74, 6) is 0.255. The Kier molecular flexibility index (Phi) is 8.36. The van der Waals surface area contributed by atoms with Gasteiger partial charge in [0.2, 0.25) is 15.9 Å². The predicted molar refractivity (Wildman–Crippen MR) is 127 cm³/mol. The van der Waals surface area contributed by atoms with Crippen molar-refractivity contribution in [3.05, 3.63) is 17.8 Å². The first kappa shape index (κ1) is 25.9. The SMILES string of the molecule is CCN(c1nc(C)ccc1S(=O)(=O)N1CCC[C@H]1C(=O)N(C)C1CCOCC1OC)C(C)C. The van der Waals surface area contributed by atoms with Crippen LogP contribution in [0, 0.1) is 6.92 Å². The summed E-state index contributed by atoms with van der Waals surface area (Å²) in [7, 11) is -0.578. The first-order valence-corrected chi connectivity index (χ1v) is 13.2. The number of aryl methyl sites for hydroxylation is 1. The van der Waals surface area contributed by atoms with Gasteiger partial charge < -0.3 is 19.3 Å². The number of carbonyl (C=O) groups excluding carboxylic acids is 1. The van der Waals surface area contributed by atoms with E-state index >= 15 is 0 Å². The van der Waals surface area contributed by atoms with Gasteiger partial charge >= 0.3 is 0 Å². The maximum absolute atomic E-state index is 13.9. The van der Waals surface area contributed by atoms with Gasteiger partial charge in [0.05, 0.1) is 12.6 Å². The van der Waals surface area contributed by atoms with Gasteiger partial charge in [-0.05, 0) is 59.1 Å². The van der Waals surface area contributed by atoms with E-state index in [1.165, 1.54) is 4.31 Å². The highest BCUT2D eigenvalue weighted by molar-refractivity contribution is 7.89. The van der Waals surface area contributed by atoms with Gasteiger partial charge in [-0.1, -0.05) is 0 Å². The van der Waals surface area contributed by atoms with Crippen molar-refractivity contribution in [3.63, 3.8) is 0 Å². The third kappa shape index (κ3) is 5.18. The number of sulfonamides is 1. The van der Waals surface area contributed by atoms with Crippen molar-refractivity contribution in [3.8, 4) is 0 Å². The molecule has 1 aromatic rings. The highest BCUT2D eigenvalue weighted by Crippen LogP contribution is 2.33. The van der Waals surface area contributed by atoms with E-state index in [9.17, 15) is 13.2 Å². The molecule has 0 N–H and O–H groups in total. The number of nitrogens with zero attached hydrogens (tertiary/aromatic N) is 4. The topological polar surface area (TPSA) is 92.3 Å². The van der Waals surface area contributed by atoms with Crippen LogP contribution in [-0.4, -0.2) is 93.2 Å². The molecule has 1 amide bonds. The molecule has 0 aromatic carbocycles. The molecule has 1 aromatic heterocycles. The van der Waals surface area contributed by atoms with Crippen LogP contribution in [0.5, 0.6) is 0 Å². The monoisotopic (exact) mass is 482 g/mol. The molecule has 2 aliphatic rings. The molecule has 3 heterocycles. The molecule has 33 heavy (non-hydrogen) atoms. The summed E-state index contributed by atoms with van der Waals surface area (Å²) in [5, 5.41) is 0. The Balaban J connectivity index is 1.93. The Labute approximate surface area is 198 Å². The number of likely N-dealkylation sites (N-methyl/N-ethyl adjacent to an activating group) is 1. The number of ether oxygens (including phenoxy) is 2. The lowest BCUT2D eigenvalue weighted by Gasteiger charge is -2.39. The lowest BCUT2D eigenvalue weighted by molar-refractivity contribution is -0.144. The molecule has 9 nitrogen and oxygen atoms in total. The minimum Gasteiger partial charge on any atom is -0.379 e. The second-order valence-corrected chi connectivity index (χ2v) is 10.9. The van der Waals surface area contributed by atoms with E-state index in [4.69, 9.17) is 9.47 Å². The average Bonchev–Trinajstić information content (AvgIpc) is 3.29. The second-order valence-electron chi connectivity index (χ2n) is 9.08. The van der Waals surface area contributed by atoms with E-state index in [0.717, 1.165) is 5.69 Å². The highest BCUT2D eigenvalue weighted by Gasteiger charge is 2.44. The summed E-state index contributed by atoms with van der Waals surface area (Å²) in [6.07, 6.45) is 1.57. The van der Waals surface area contributed by atoms with Gasteiger partial charge in [-0.3, -0.25) is 4.79 Å². The number of carbonyl (C=O) groups is 1. The summed E-state index contributed by atoms with van der Waals surface area (Å²) >= 11 is 0. The molecule has 3 atom stereocenters. The Hall–Kier alpha value is -1.75. The van der Waals surface area contributed by atoms with Crippen LogP contribution in [-0.2, 0) is 24.3 Å². The van der Waals surface area contributed by atoms with Crippen LogP contribution in [0.25, 0.3) is 0 Å². The molecule has 2 saturated heterocycles. The number of hydrogen-bond acceptors (Lipinski definition) is 7. The maximum Gasteiger partial charge on any atom is 0.247 e. The Morgan fingerprint density at radius 2 is 2.06 bits per heavy atom. The molecular weight excluding hydrogens is 444 g/mol. The van der Waals surface area contributed by atoms with Crippen LogP contribution in [0.1, 0.15) is 45.7 Å². The molecule has 0 spiro atoms. The summed E-state index contributed by atoms with van der Waals surface area (Å²) in [4.78, 5) is 21.9. The maximum atomic E-state index is 13.9. The Morgan fingerprint density at radius 1 is 1.33 bits per heavy atom. The fraction of sp³-hybridized carbons (Fsp3) is 0.739. The van der Waals surface area contributed by atoms with Crippen molar-refractivity contribution < 1.29 is 22.7 Å². The fourth-order valence-electron chi connectivity index (χ4n) is 4.86. The smallest absolute Gasteiger partial charge is 0.247 e. The van der Waals surface area contributed by atoms with Crippen LogP contribution in [0.4, 0.5) is 5.82 Å². The van der Waals surface area contributed by atoms with E-state index in [1.54, 1.807) is 31.2 Å². The normalized spacial score (nSPS) is 24.3. The molecule has 186 valence electrons. The quantitative estimate of drug-likeness (QED) is 0.560. The van der Waals surface area contributed by atoms with Crippen molar-refractivity contribution in [1.29, 1.82) is 0 Å². The molecule has 0 radical (unpaired) electrons. The first-order chi connectivity index (χ1) is 15.6. The van der Waals surface area contributed by atoms with Gasteiger partial charge in [0, 0.05) is 45.6 Å². The average molecular weight is 483 g/mol. The van der Waals surface area contributed by atoms with Gasteiger partial charge in [-0.25, -0.2) is 13.4 Å². The van der Waals surface area contributed by atoms with Gasteiger partial charge in [-0.2, -0.15) is 4.31 Å². The van der Waals surface area contributed by atoms with Crippen molar-refractivity contribution >= 4 is 21.7 Å². The van der Waals surface area contributed by atoms with E-state index in [2.05, 4.69) is 4.98 Å². The third-order valence-electron chi connectivity index (χ3n) is 6.71. The minimum atomic E-state index is -3.93. The summed E-state index contributed by atoms with van der Waals surface area (Å²) in [6, 6.07) is 2.55. The lowest BCUT2D eigenvalue weighted by Crippen LogP contribution is -2.55. The molecule has 2 aliphatic heterocycles. The van der Waals surface area contributed by atoms with E-state index in [1.807, 2.05) is 32.6 Å². The van der Waals surface area contributed by atoms with Crippen LogP contribution in [0.3, 0.4) is 0 Å². The van der Waals surface area contributed by atoms with Crippen molar-refractivity contribution in [2.24, 2.45) is 0 Å². The lowest BCUT2D eigenvalue weighted by atomic mass is 10.0. The van der Waals surface area contributed by atoms with Gasteiger partial charge in [0.15, 0.2) is 0 Å².